The Labute approximate surface area is 283 Å². The third kappa shape index (κ3) is 5.66. The fraction of sp³-hybridized carbons (Fsp3) is 0.351. The molecule has 8 rings (SSSR count). The molecule has 8 nitrogen and oxygen atoms in total. The normalized spacial score (nSPS) is 17.8. The van der Waals surface area contributed by atoms with Gasteiger partial charge >= 0.3 is 12.0 Å². The van der Waals surface area contributed by atoms with Crippen molar-refractivity contribution in [3.05, 3.63) is 83.8 Å². The van der Waals surface area contributed by atoms with E-state index in [1.165, 1.54) is 12.3 Å². The molecule has 13 heteroatoms. The molecule has 3 saturated heterocycles. The molecule has 50 heavy (non-hydrogen) atoms. The number of benzene rings is 3. The molecule has 0 saturated carbocycles. The molecule has 258 valence electrons. The van der Waals surface area contributed by atoms with E-state index in [-0.39, 0.29) is 59.6 Å². The van der Waals surface area contributed by atoms with Gasteiger partial charge in [0.25, 0.3) is 0 Å². The Morgan fingerprint density at radius 1 is 0.880 bits per heavy atom. The third-order valence-corrected chi connectivity index (χ3v) is 10.3. The first kappa shape index (κ1) is 32.3. The first-order valence-corrected chi connectivity index (χ1v) is 16.7. The number of hydrogen-bond acceptors (Lipinski definition) is 8. The molecule has 0 N–H and O–H groups in total. The van der Waals surface area contributed by atoms with Gasteiger partial charge in [-0.3, -0.25) is 14.7 Å². The second-order valence-electron chi connectivity index (χ2n) is 13.2. The van der Waals surface area contributed by atoms with Gasteiger partial charge in [-0.2, -0.15) is 9.97 Å². The van der Waals surface area contributed by atoms with E-state index >= 15 is 8.78 Å². The molecule has 0 spiro atoms. The van der Waals surface area contributed by atoms with Crippen LogP contribution >= 0.6 is 0 Å². The van der Waals surface area contributed by atoms with Crippen LogP contribution in [0.1, 0.15) is 38.5 Å². The number of carbonyl (C=O) groups excluding carboxylic acids is 1. The van der Waals surface area contributed by atoms with E-state index < -0.39 is 46.7 Å². The van der Waals surface area contributed by atoms with Crippen molar-refractivity contribution in [3.8, 4) is 23.0 Å². The Morgan fingerprint density at radius 3 is 2.30 bits per heavy atom. The lowest BCUT2D eigenvalue weighted by atomic mass is 9.95. The smallest absolute Gasteiger partial charge is 0.319 e. The zero-order valence-corrected chi connectivity index (χ0v) is 26.9. The van der Waals surface area contributed by atoms with E-state index in [9.17, 15) is 18.0 Å². The number of piperidine rings is 1. The first-order valence-electron chi connectivity index (χ1n) is 16.7. The molecule has 0 unspecified atom stereocenters. The summed E-state index contributed by atoms with van der Waals surface area (Å²) in [4.78, 5) is 30.9. The molecule has 3 aliphatic rings. The van der Waals surface area contributed by atoms with Gasteiger partial charge in [0.1, 0.15) is 35.3 Å². The largest absolute Gasteiger partial charge is 0.461 e. The highest BCUT2D eigenvalue weighted by Crippen LogP contribution is 2.40. The van der Waals surface area contributed by atoms with E-state index in [2.05, 4.69) is 14.9 Å². The van der Waals surface area contributed by atoms with E-state index in [1.807, 2.05) is 4.90 Å². The van der Waals surface area contributed by atoms with Gasteiger partial charge in [-0.1, -0.05) is 30.3 Å². The molecular weight excluding hydrogens is 657 g/mol. The lowest BCUT2D eigenvalue weighted by Gasteiger charge is -2.33. The molecule has 0 amide bonds. The summed E-state index contributed by atoms with van der Waals surface area (Å²) in [5.41, 5.74) is 0.0481. The number of anilines is 1. The van der Waals surface area contributed by atoms with Crippen LogP contribution in [0, 0.1) is 35.0 Å². The number of nitrogens with zero attached hydrogens (tertiary/aromatic N) is 5. The lowest BCUT2D eigenvalue weighted by Crippen LogP contribution is -2.43. The van der Waals surface area contributed by atoms with Gasteiger partial charge in [0.15, 0.2) is 17.5 Å². The SMILES string of the molecule is O=C(Oc1c(F)cc(F)cc1F)C1CCN(c2nc(OCC34CCCN3CCC4)nc3c(F)c(-c4cccc5cccc(F)c45)ncc23)CC1. The molecular formula is C37H32F5N5O3. The van der Waals surface area contributed by atoms with Gasteiger partial charge in [0, 0.05) is 42.4 Å². The minimum absolute atomic E-state index is 0.00966. The zero-order valence-electron chi connectivity index (χ0n) is 26.9. The van der Waals surface area contributed by atoms with Crippen molar-refractivity contribution >= 4 is 33.5 Å². The number of pyridine rings is 1. The minimum atomic E-state index is -1.31. The summed E-state index contributed by atoms with van der Waals surface area (Å²) in [7, 11) is 0. The summed E-state index contributed by atoms with van der Waals surface area (Å²) in [6.45, 7) is 2.85. The Balaban J connectivity index is 1.12. The number of ether oxygens (including phenoxy) is 2. The summed E-state index contributed by atoms with van der Waals surface area (Å²) >= 11 is 0. The average molecular weight is 690 g/mol. The van der Waals surface area contributed by atoms with Crippen molar-refractivity contribution < 1.29 is 36.2 Å². The maximum atomic E-state index is 16.7. The van der Waals surface area contributed by atoms with Gasteiger partial charge < -0.3 is 14.4 Å². The van der Waals surface area contributed by atoms with Crippen molar-refractivity contribution in [1.29, 1.82) is 0 Å². The van der Waals surface area contributed by atoms with Crippen molar-refractivity contribution in [2.24, 2.45) is 5.92 Å². The molecule has 2 aromatic heterocycles. The fourth-order valence-corrected chi connectivity index (χ4v) is 7.80. The number of esters is 1. The second-order valence-corrected chi connectivity index (χ2v) is 13.2. The van der Waals surface area contributed by atoms with Crippen LogP contribution in [0.5, 0.6) is 11.8 Å². The maximum Gasteiger partial charge on any atom is 0.319 e. The third-order valence-electron chi connectivity index (χ3n) is 10.3. The van der Waals surface area contributed by atoms with E-state index in [0.29, 0.717) is 35.3 Å². The minimum Gasteiger partial charge on any atom is -0.461 e. The van der Waals surface area contributed by atoms with Crippen LogP contribution in [-0.2, 0) is 4.79 Å². The average Bonchev–Trinajstić information content (AvgIpc) is 3.70. The quantitative estimate of drug-likeness (QED) is 0.0996. The molecule has 0 aliphatic carbocycles. The molecule has 3 aromatic carbocycles. The molecule has 3 fully saturated rings. The van der Waals surface area contributed by atoms with Crippen LogP contribution < -0.4 is 14.4 Å². The van der Waals surface area contributed by atoms with Crippen molar-refractivity contribution in [3.63, 3.8) is 0 Å². The number of carbonyl (C=O) groups is 1. The Hall–Kier alpha value is -4.91. The predicted octanol–water partition coefficient (Wildman–Crippen LogP) is 7.37. The second kappa shape index (κ2) is 12.8. The summed E-state index contributed by atoms with van der Waals surface area (Å²) in [6, 6.07) is 10.6. The van der Waals surface area contributed by atoms with Crippen LogP contribution in [0.15, 0.2) is 54.7 Å². The molecule has 5 aromatic rings. The van der Waals surface area contributed by atoms with Crippen LogP contribution in [0.3, 0.4) is 0 Å². The highest BCUT2D eigenvalue weighted by molar-refractivity contribution is 5.99. The monoisotopic (exact) mass is 689 g/mol. The highest BCUT2D eigenvalue weighted by Gasteiger charge is 2.45. The van der Waals surface area contributed by atoms with Gasteiger partial charge in [0.2, 0.25) is 5.75 Å². The van der Waals surface area contributed by atoms with E-state index in [1.54, 1.807) is 30.3 Å². The number of rotatable bonds is 7. The maximum absolute atomic E-state index is 16.7. The number of halogens is 5. The highest BCUT2D eigenvalue weighted by atomic mass is 19.2. The van der Waals surface area contributed by atoms with Gasteiger partial charge in [0.05, 0.1) is 16.8 Å². The van der Waals surface area contributed by atoms with Gasteiger partial charge in [-0.25, -0.2) is 22.0 Å². The molecule has 5 heterocycles. The Kier molecular flexibility index (Phi) is 8.25. The van der Waals surface area contributed by atoms with Crippen molar-refractivity contribution in [2.75, 3.05) is 37.7 Å². The molecule has 0 bridgehead atoms. The fourth-order valence-electron chi connectivity index (χ4n) is 7.80. The van der Waals surface area contributed by atoms with Crippen molar-refractivity contribution in [1.82, 2.24) is 19.9 Å². The van der Waals surface area contributed by atoms with Crippen LogP contribution in [0.4, 0.5) is 27.8 Å². The van der Waals surface area contributed by atoms with Crippen LogP contribution in [0.25, 0.3) is 32.9 Å². The van der Waals surface area contributed by atoms with E-state index in [4.69, 9.17) is 14.5 Å². The molecule has 0 atom stereocenters. The molecule has 0 radical (unpaired) electrons. The Morgan fingerprint density at radius 2 is 1.58 bits per heavy atom. The summed E-state index contributed by atoms with van der Waals surface area (Å²) in [5, 5.41) is 1.14. The molecule has 3 aliphatic heterocycles. The van der Waals surface area contributed by atoms with Crippen LogP contribution in [-0.4, -0.2) is 64.1 Å². The van der Waals surface area contributed by atoms with Crippen molar-refractivity contribution in [2.45, 2.75) is 44.1 Å². The van der Waals surface area contributed by atoms with Gasteiger partial charge in [-0.15, -0.1) is 0 Å². The summed E-state index contributed by atoms with van der Waals surface area (Å²) < 4.78 is 84.7. The first-order chi connectivity index (χ1) is 24.2. The van der Waals surface area contributed by atoms with E-state index in [0.717, 1.165) is 38.8 Å². The Bertz CT molecular complexity index is 2100. The summed E-state index contributed by atoms with van der Waals surface area (Å²) in [6.07, 6.45) is 6.02. The number of aromatic nitrogens is 3. The zero-order chi connectivity index (χ0) is 34.6. The van der Waals surface area contributed by atoms with Gasteiger partial charge in [-0.05, 0) is 63.1 Å². The predicted molar refractivity (Wildman–Crippen MR) is 175 cm³/mol. The number of fused-ring (bicyclic) bond motifs is 3. The van der Waals surface area contributed by atoms with Crippen LogP contribution in [0.2, 0.25) is 0 Å². The number of hydrogen-bond donors (Lipinski definition) is 0. The standard InChI is InChI=1S/C37H32F5N5O3/c38-23-17-27(40)33(28(41)18-23)50-35(48)22-9-15-46(16-10-22)34-25-19-43-31(24-7-1-5-21-6-2-8-26(39)29(21)24)30(42)32(25)44-36(45-34)49-20-37-11-3-13-47(37)14-4-12-37/h1-2,5-8,17-19,22H,3-4,9-16,20H2. The summed E-state index contributed by atoms with van der Waals surface area (Å²) in [5.74, 6) is -7.17. The topological polar surface area (TPSA) is 80.7 Å². The lowest BCUT2D eigenvalue weighted by molar-refractivity contribution is -0.140.